The molecule has 0 radical (unpaired) electrons. The Morgan fingerprint density at radius 2 is 2.56 bits per heavy atom. The second-order valence-electron chi connectivity index (χ2n) is 2.02. The highest BCUT2D eigenvalue weighted by Gasteiger charge is 2.13. The lowest BCUT2D eigenvalue weighted by Gasteiger charge is -2.09. The predicted octanol–water partition coefficient (Wildman–Crippen LogP) is -0.891. The Kier molecular flexibility index (Phi) is 2.02. The van der Waals surface area contributed by atoms with Gasteiger partial charge in [-0.3, -0.25) is 9.63 Å². The summed E-state index contributed by atoms with van der Waals surface area (Å²) in [6.45, 7) is 1.76. The third kappa shape index (κ3) is 1.99. The Hall–Kier alpha value is -0.610. The highest BCUT2D eigenvalue weighted by atomic mass is 16.7. The Bertz CT molecular complexity index is 110. The number of hydrogen-bond acceptors (Lipinski definition) is 3. The molecule has 4 nitrogen and oxygen atoms in total. The molecule has 52 valence electrons. The van der Waals surface area contributed by atoms with Gasteiger partial charge in [0.15, 0.2) is 0 Å². The molecule has 1 heterocycles. The summed E-state index contributed by atoms with van der Waals surface area (Å²) in [7, 11) is 0. The summed E-state index contributed by atoms with van der Waals surface area (Å²) in [6, 6.07) is 0. The Morgan fingerprint density at radius 1 is 1.78 bits per heavy atom. The summed E-state index contributed by atoms with van der Waals surface area (Å²) in [5, 5.41) is 1.59. The van der Waals surface area contributed by atoms with Crippen molar-refractivity contribution in [2.45, 2.75) is 6.42 Å². The van der Waals surface area contributed by atoms with Crippen LogP contribution in [-0.2, 0) is 9.63 Å². The molecule has 1 fully saturated rings. The molecular weight excluding hydrogens is 120 g/mol. The third-order valence-electron chi connectivity index (χ3n) is 1.16. The summed E-state index contributed by atoms with van der Waals surface area (Å²) in [4.78, 5) is 15.3. The number of primary amides is 1. The normalized spacial score (nSPS) is 20.4. The van der Waals surface area contributed by atoms with Crippen LogP contribution in [0.2, 0.25) is 0 Å². The quantitative estimate of drug-likeness (QED) is 0.527. The monoisotopic (exact) mass is 130 g/mol. The van der Waals surface area contributed by atoms with E-state index in [-0.39, 0.29) is 12.5 Å². The molecule has 0 atom stereocenters. The van der Waals surface area contributed by atoms with E-state index in [4.69, 9.17) is 10.6 Å². The zero-order valence-corrected chi connectivity index (χ0v) is 5.17. The fourth-order valence-corrected chi connectivity index (χ4v) is 0.798. The molecule has 1 rings (SSSR count). The lowest BCUT2D eigenvalue weighted by Crippen LogP contribution is -2.30. The van der Waals surface area contributed by atoms with Crippen LogP contribution in [-0.4, -0.2) is 30.7 Å². The van der Waals surface area contributed by atoms with Gasteiger partial charge in [-0.15, -0.1) is 0 Å². The van der Waals surface area contributed by atoms with Crippen LogP contribution in [0.4, 0.5) is 0 Å². The summed E-state index contributed by atoms with van der Waals surface area (Å²) in [6.07, 6.45) is 0.993. The first-order valence-corrected chi connectivity index (χ1v) is 2.95. The number of nitrogens with zero attached hydrogens (tertiary/aromatic N) is 1. The Labute approximate surface area is 53.5 Å². The highest BCUT2D eigenvalue weighted by molar-refractivity contribution is 5.75. The van der Waals surface area contributed by atoms with Gasteiger partial charge in [-0.25, -0.2) is 0 Å². The van der Waals surface area contributed by atoms with E-state index in [1.54, 1.807) is 5.06 Å². The molecule has 0 aromatic heterocycles. The fraction of sp³-hybridized carbons (Fsp3) is 0.800. The van der Waals surface area contributed by atoms with Crippen molar-refractivity contribution in [1.29, 1.82) is 0 Å². The third-order valence-corrected chi connectivity index (χ3v) is 1.16. The van der Waals surface area contributed by atoms with Gasteiger partial charge in [0, 0.05) is 6.54 Å². The van der Waals surface area contributed by atoms with Crippen molar-refractivity contribution in [2.75, 3.05) is 19.7 Å². The average Bonchev–Trinajstić information content (AvgIpc) is 2.15. The van der Waals surface area contributed by atoms with Crippen LogP contribution in [0.3, 0.4) is 0 Å². The van der Waals surface area contributed by atoms with Gasteiger partial charge in [0.2, 0.25) is 5.91 Å². The van der Waals surface area contributed by atoms with E-state index in [2.05, 4.69) is 0 Å². The van der Waals surface area contributed by atoms with Gasteiger partial charge in [-0.1, -0.05) is 0 Å². The summed E-state index contributed by atoms with van der Waals surface area (Å²) in [5.74, 6) is -0.336. The van der Waals surface area contributed by atoms with E-state index >= 15 is 0 Å². The van der Waals surface area contributed by atoms with E-state index in [9.17, 15) is 4.79 Å². The van der Waals surface area contributed by atoms with Gasteiger partial charge < -0.3 is 5.73 Å². The first-order chi connectivity index (χ1) is 4.29. The summed E-state index contributed by atoms with van der Waals surface area (Å²) >= 11 is 0. The molecule has 0 bridgehead atoms. The predicted molar refractivity (Wildman–Crippen MR) is 31.3 cm³/mol. The van der Waals surface area contributed by atoms with Gasteiger partial charge in [-0.2, -0.15) is 5.06 Å². The minimum absolute atomic E-state index is 0.222. The van der Waals surface area contributed by atoms with Crippen LogP contribution < -0.4 is 5.73 Å². The number of nitrogens with two attached hydrogens (primary N) is 1. The first-order valence-electron chi connectivity index (χ1n) is 2.95. The van der Waals surface area contributed by atoms with Gasteiger partial charge in [0.1, 0.15) is 6.54 Å². The lowest BCUT2D eigenvalue weighted by atomic mass is 10.5. The van der Waals surface area contributed by atoms with Crippen LogP contribution in [0, 0.1) is 0 Å². The van der Waals surface area contributed by atoms with Crippen LogP contribution in [0.15, 0.2) is 0 Å². The first kappa shape index (κ1) is 6.51. The average molecular weight is 130 g/mol. The molecule has 1 amide bonds. The van der Waals surface area contributed by atoms with Crippen LogP contribution in [0.5, 0.6) is 0 Å². The highest BCUT2D eigenvalue weighted by Crippen LogP contribution is 2.01. The van der Waals surface area contributed by atoms with Crippen molar-refractivity contribution >= 4 is 5.91 Å². The molecule has 0 aromatic carbocycles. The standard InChI is InChI=1S/C5H10N2O2/c6-5(8)4-7-2-1-3-9-7/h1-4H2,(H2,6,8). The summed E-state index contributed by atoms with van der Waals surface area (Å²) in [5.41, 5.74) is 4.91. The largest absolute Gasteiger partial charge is 0.368 e. The molecule has 0 unspecified atom stereocenters. The lowest BCUT2D eigenvalue weighted by molar-refractivity contribution is -0.139. The fourth-order valence-electron chi connectivity index (χ4n) is 0.798. The zero-order valence-electron chi connectivity index (χ0n) is 5.17. The van der Waals surface area contributed by atoms with E-state index in [1.807, 2.05) is 0 Å². The smallest absolute Gasteiger partial charge is 0.234 e. The van der Waals surface area contributed by atoms with Crippen molar-refractivity contribution in [3.8, 4) is 0 Å². The maximum absolute atomic E-state index is 10.3. The van der Waals surface area contributed by atoms with Gasteiger partial charge in [0.05, 0.1) is 6.61 Å². The SMILES string of the molecule is NC(=O)CN1CCCO1. The van der Waals surface area contributed by atoms with Crippen LogP contribution in [0.25, 0.3) is 0 Å². The van der Waals surface area contributed by atoms with Crippen LogP contribution in [0.1, 0.15) is 6.42 Å². The molecule has 0 aromatic rings. The number of hydroxylamine groups is 2. The van der Waals surface area contributed by atoms with Crippen molar-refractivity contribution in [3.63, 3.8) is 0 Å². The minimum atomic E-state index is -0.336. The van der Waals surface area contributed by atoms with Gasteiger partial charge >= 0.3 is 0 Å². The van der Waals surface area contributed by atoms with Crippen molar-refractivity contribution < 1.29 is 9.63 Å². The number of hydrogen-bond donors (Lipinski definition) is 1. The van der Waals surface area contributed by atoms with E-state index < -0.39 is 0 Å². The topological polar surface area (TPSA) is 55.6 Å². The molecule has 9 heavy (non-hydrogen) atoms. The second kappa shape index (κ2) is 2.80. The molecule has 0 spiro atoms. The van der Waals surface area contributed by atoms with Crippen LogP contribution >= 0.6 is 0 Å². The van der Waals surface area contributed by atoms with Crippen molar-refractivity contribution in [3.05, 3.63) is 0 Å². The maximum Gasteiger partial charge on any atom is 0.234 e. The Morgan fingerprint density at radius 3 is 3.00 bits per heavy atom. The number of rotatable bonds is 2. The van der Waals surface area contributed by atoms with Gasteiger partial charge in [0.25, 0.3) is 0 Å². The number of amides is 1. The van der Waals surface area contributed by atoms with Crippen molar-refractivity contribution in [1.82, 2.24) is 5.06 Å². The zero-order chi connectivity index (χ0) is 6.69. The molecule has 1 aliphatic rings. The van der Waals surface area contributed by atoms with E-state index in [0.29, 0.717) is 6.61 Å². The van der Waals surface area contributed by atoms with E-state index in [1.165, 1.54) is 0 Å². The molecule has 2 N–H and O–H groups in total. The molecule has 4 heteroatoms. The maximum atomic E-state index is 10.3. The Balaban J connectivity index is 2.19. The molecule has 1 aliphatic heterocycles. The van der Waals surface area contributed by atoms with Crippen molar-refractivity contribution in [2.24, 2.45) is 5.73 Å². The van der Waals surface area contributed by atoms with E-state index in [0.717, 1.165) is 13.0 Å². The van der Waals surface area contributed by atoms with Gasteiger partial charge in [-0.05, 0) is 6.42 Å². The number of carbonyl (C=O) groups is 1. The molecule has 1 saturated heterocycles. The minimum Gasteiger partial charge on any atom is -0.368 e. The molecule has 0 saturated carbocycles. The molecule has 0 aliphatic carbocycles. The number of carbonyl (C=O) groups excluding carboxylic acids is 1. The second-order valence-corrected chi connectivity index (χ2v) is 2.02. The molecular formula is C5H10N2O2. The summed E-state index contributed by atoms with van der Waals surface area (Å²) < 4.78 is 0.